The Balaban J connectivity index is 2.39. The minimum atomic E-state index is -0.218. The number of fused-ring (bicyclic) bond motifs is 1. The number of ketones is 1. The summed E-state index contributed by atoms with van der Waals surface area (Å²) in [5.74, 6) is 0.112. The molecule has 0 fully saturated rings. The lowest BCUT2D eigenvalue weighted by atomic mass is 10.0. The van der Waals surface area contributed by atoms with E-state index >= 15 is 0 Å². The van der Waals surface area contributed by atoms with Crippen LogP contribution in [0.2, 0.25) is 0 Å². The Hall–Kier alpha value is -2.04. The van der Waals surface area contributed by atoms with Gasteiger partial charge in [0.15, 0.2) is 5.65 Å². The lowest BCUT2D eigenvalue weighted by Crippen LogP contribution is -2.12. The number of hydrogen-bond acceptors (Lipinski definition) is 4. The second-order valence-electron chi connectivity index (χ2n) is 4.20. The fraction of sp³-hybridized carbons (Fsp3) is 0.333. The van der Waals surface area contributed by atoms with E-state index in [2.05, 4.69) is 15.0 Å². The van der Waals surface area contributed by atoms with Crippen molar-refractivity contribution in [3.8, 4) is 0 Å². The monoisotopic (exact) mass is 231 g/mol. The predicted octanol–water partition coefficient (Wildman–Crippen LogP) is 1.09. The Bertz CT molecular complexity index is 616. The van der Waals surface area contributed by atoms with Crippen LogP contribution < -0.4 is 5.56 Å². The Kier molecular flexibility index (Phi) is 2.99. The molecule has 0 aliphatic carbocycles. The van der Waals surface area contributed by atoms with Gasteiger partial charge in [-0.1, -0.05) is 13.8 Å². The lowest BCUT2D eigenvalue weighted by molar-refractivity contribution is -0.121. The number of pyridine rings is 1. The highest BCUT2D eigenvalue weighted by Gasteiger charge is 2.10. The molecule has 0 aliphatic heterocycles. The molecule has 88 valence electrons. The molecule has 0 saturated carbocycles. The van der Waals surface area contributed by atoms with Crippen LogP contribution in [0.25, 0.3) is 11.0 Å². The molecule has 2 heterocycles. The molecule has 17 heavy (non-hydrogen) atoms. The van der Waals surface area contributed by atoms with Crippen molar-refractivity contribution >= 4 is 16.8 Å². The highest BCUT2D eigenvalue weighted by Crippen LogP contribution is 2.07. The maximum atomic E-state index is 11.6. The highest BCUT2D eigenvalue weighted by atomic mass is 16.1. The summed E-state index contributed by atoms with van der Waals surface area (Å²) in [5, 5.41) is 0.438. The van der Waals surface area contributed by atoms with Crippen molar-refractivity contribution in [1.29, 1.82) is 0 Å². The molecule has 0 spiro atoms. The molecule has 2 aromatic rings. The van der Waals surface area contributed by atoms with Crippen LogP contribution >= 0.6 is 0 Å². The summed E-state index contributed by atoms with van der Waals surface area (Å²) in [6.45, 7) is 3.71. The topological polar surface area (TPSA) is 75.7 Å². The van der Waals surface area contributed by atoms with Gasteiger partial charge >= 0.3 is 0 Å². The molecule has 0 unspecified atom stereocenters. The van der Waals surface area contributed by atoms with Crippen LogP contribution in [0, 0.1) is 5.92 Å². The molecule has 0 radical (unpaired) electrons. The first kappa shape index (κ1) is 11.4. The number of carbonyl (C=O) groups excluding carboxylic acids is 1. The normalized spacial score (nSPS) is 11.0. The average molecular weight is 231 g/mol. The van der Waals surface area contributed by atoms with Gasteiger partial charge in [0.05, 0.1) is 17.4 Å². The van der Waals surface area contributed by atoms with E-state index in [-0.39, 0.29) is 23.7 Å². The van der Waals surface area contributed by atoms with Gasteiger partial charge in [0.25, 0.3) is 5.56 Å². The van der Waals surface area contributed by atoms with Crippen LogP contribution in [0.5, 0.6) is 0 Å². The summed E-state index contributed by atoms with van der Waals surface area (Å²) < 4.78 is 0. The summed E-state index contributed by atoms with van der Waals surface area (Å²) in [6.07, 6.45) is 1.59. The van der Waals surface area contributed by atoms with E-state index in [1.165, 1.54) is 6.33 Å². The van der Waals surface area contributed by atoms with Gasteiger partial charge in [0.1, 0.15) is 5.78 Å². The van der Waals surface area contributed by atoms with Crippen LogP contribution in [0.1, 0.15) is 19.5 Å². The first-order valence-electron chi connectivity index (χ1n) is 5.44. The first-order valence-corrected chi connectivity index (χ1v) is 5.44. The summed E-state index contributed by atoms with van der Waals surface area (Å²) in [7, 11) is 0. The molecule has 0 aromatic carbocycles. The fourth-order valence-corrected chi connectivity index (χ4v) is 1.47. The number of hydrogen-bond donors (Lipinski definition) is 1. The Morgan fingerprint density at radius 1 is 1.41 bits per heavy atom. The third-order valence-corrected chi connectivity index (χ3v) is 2.56. The molecular formula is C12H13N3O2. The van der Waals surface area contributed by atoms with Crippen LogP contribution in [-0.2, 0) is 11.2 Å². The molecule has 0 aliphatic rings. The summed E-state index contributed by atoms with van der Waals surface area (Å²) >= 11 is 0. The van der Waals surface area contributed by atoms with E-state index in [1.54, 1.807) is 12.1 Å². The van der Waals surface area contributed by atoms with E-state index in [0.717, 1.165) is 0 Å². The Morgan fingerprint density at radius 3 is 2.88 bits per heavy atom. The maximum Gasteiger partial charge on any atom is 0.260 e. The predicted molar refractivity (Wildman–Crippen MR) is 63.7 cm³/mol. The van der Waals surface area contributed by atoms with Crippen LogP contribution in [0.3, 0.4) is 0 Å². The van der Waals surface area contributed by atoms with Crippen molar-refractivity contribution in [2.24, 2.45) is 5.92 Å². The average Bonchev–Trinajstić information content (AvgIpc) is 2.29. The van der Waals surface area contributed by atoms with Crippen molar-refractivity contribution in [3.05, 3.63) is 34.5 Å². The second-order valence-corrected chi connectivity index (χ2v) is 4.20. The maximum absolute atomic E-state index is 11.6. The number of nitrogens with zero attached hydrogens (tertiary/aromatic N) is 2. The van der Waals surface area contributed by atoms with Gasteiger partial charge in [-0.15, -0.1) is 0 Å². The van der Waals surface area contributed by atoms with E-state index in [9.17, 15) is 9.59 Å². The third-order valence-electron chi connectivity index (χ3n) is 2.56. The molecule has 0 bridgehead atoms. The number of carbonyl (C=O) groups is 1. The van der Waals surface area contributed by atoms with Gasteiger partial charge in [-0.25, -0.2) is 9.97 Å². The van der Waals surface area contributed by atoms with Gasteiger partial charge in [0.2, 0.25) is 0 Å². The van der Waals surface area contributed by atoms with Crippen molar-refractivity contribution in [1.82, 2.24) is 15.0 Å². The molecule has 2 aromatic heterocycles. The van der Waals surface area contributed by atoms with Crippen molar-refractivity contribution in [2.45, 2.75) is 20.3 Å². The van der Waals surface area contributed by atoms with Crippen molar-refractivity contribution in [3.63, 3.8) is 0 Å². The molecule has 0 amide bonds. The molecule has 5 heteroatoms. The third kappa shape index (κ3) is 2.38. The number of nitrogens with one attached hydrogen (secondary N) is 1. The minimum absolute atomic E-state index is 0.0142. The highest BCUT2D eigenvalue weighted by molar-refractivity contribution is 5.83. The smallest absolute Gasteiger partial charge is 0.260 e. The molecule has 2 rings (SSSR count). The summed E-state index contributed by atoms with van der Waals surface area (Å²) in [5.41, 5.74) is 0.807. The zero-order valence-corrected chi connectivity index (χ0v) is 9.73. The van der Waals surface area contributed by atoms with Crippen molar-refractivity contribution in [2.75, 3.05) is 0 Å². The van der Waals surface area contributed by atoms with E-state index in [4.69, 9.17) is 0 Å². The molecular weight excluding hydrogens is 218 g/mol. The van der Waals surface area contributed by atoms with E-state index in [1.807, 2.05) is 13.8 Å². The SMILES string of the molecule is CC(C)C(=O)Cc1ccc2c(=O)[nH]cnc2n1. The number of aromatic amines is 1. The largest absolute Gasteiger partial charge is 0.313 e. The van der Waals surface area contributed by atoms with Crippen molar-refractivity contribution < 1.29 is 4.79 Å². The van der Waals surface area contributed by atoms with Crippen LogP contribution in [0.4, 0.5) is 0 Å². The minimum Gasteiger partial charge on any atom is -0.313 e. The first-order chi connectivity index (χ1) is 8.08. The van der Waals surface area contributed by atoms with Gasteiger partial charge < -0.3 is 4.98 Å². The quantitative estimate of drug-likeness (QED) is 0.857. The zero-order valence-electron chi connectivity index (χ0n) is 9.73. The second kappa shape index (κ2) is 4.45. The van der Waals surface area contributed by atoms with E-state index < -0.39 is 0 Å². The van der Waals surface area contributed by atoms with Gasteiger partial charge in [-0.2, -0.15) is 0 Å². The zero-order chi connectivity index (χ0) is 12.4. The van der Waals surface area contributed by atoms with Gasteiger partial charge in [-0.05, 0) is 12.1 Å². The van der Waals surface area contributed by atoms with Gasteiger partial charge in [0, 0.05) is 12.3 Å². The van der Waals surface area contributed by atoms with Crippen LogP contribution in [0.15, 0.2) is 23.3 Å². The lowest BCUT2D eigenvalue weighted by Gasteiger charge is -2.04. The molecule has 5 nitrogen and oxygen atoms in total. The summed E-state index contributed by atoms with van der Waals surface area (Å²) in [6, 6.07) is 3.34. The number of Topliss-reactive ketones (excluding diaryl/α,β-unsaturated/α-hetero) is 1. The van der Waals surface area contributed by atoms with Crippen LogP contribution in [-0.4, -0.2) is 20.7 Å². The Morgan fingerprint density at radius 2 is 2.18 bits per heavy atom. The van der Waals surface area contributed by atoms with Gasteiger partial charge in [-0.3, -0.25) is 9.59 Å². The Labute approximate surface area is 97.9 Å². The number of rotatable bonds is 3. The molecule has 0 atom stereocenters. The number of aromatic nitrogens is 3. The number of H-pyrrole nitrogens is 1. The van der Waals surface area contributed by atoms with E-state index in [0.29, 0.717) is 16.7 Å². The summed E-state index contributed by atoms with van der Waals surface area (Å²) in [4.78, 5) is 33.7. The molecule has 0 saturated heterocycles. The standard InChI is InChI=1S/C12H13N3O2/c1-7(2)10(16)5-8-3-4-9-11(15-8)13-6-14-12(9)17/h3-4,6-7H,5H2,1-2H3,(H,13,14,15,17). The molecule has 1 N–H and O–H groups in total. The fourth-order valence-electron chi connectivity index (χ4n) is 1.47.